The minimum Gasteiger partial charge on any atom is -0.480 e. The summed E-state index contributed by atoms with van der Waals surface area (Å²) >= 11 is 0. The molecule has 0 saturated heterocycles. The van der Waals surface area contributed by atoms with Crippen LogP contribution in [0.1, 0.15) is 19.8 Å². The number of hydrogen-bond donors (Lipinski definition) is 2. The molecule has 0 bridgehead atoms. The van der Waals surface area contributed by atoms with Gasteiger partial charge in [0.05, 0.1) is 0 Å². The summed E-state index contributed by atoms with van der Waals surface area (Å²) in [6.07, 6.45) is 6.24. The van der Waals surface area contributed by atoms with Crippen molar-refractivity contribution in [2.45, 2.75) is 25.8 Å². The highest BCUT2D eigenvalue weighted by atomic mass is 16.4. The summed E-state index contributed by atoms with van der Waals surface area (Å²) in [7, 11) is 0. The van der Waals surface area contributed by atoms with E-state index in [1.807, 2.05) is 6.08 Å². The van der Waals surface area contributed by atoms with Gasteiger partial charge in [-0.3, -0.25) is 4.79 Å². The van der Waals surface area contributed by atoms with Crippen molar-refractivity contribution in [3.8, 4) is 0 Å². The van der Waals surface area contributed by atoms with E-state index in [0.29, 0.717) is 12.8 Å². The lowest BCUT2D eigenvalue weighted by Crippen LogP contribution is -2.39. The summed E-state index contributed by atoms with van der Waals surface area (Å²) in [5.41, 5.74) is 0. The minimum atomic E-state index is -1.02. The van der Waals surface area contributed by atoms with Crippen LogP contribution in [0.2, 0.25) is 0 Å². The molecule has 0 aliphatic heterocycles. The van der Waals surface area contributed by atoms with E-state index in [1.165, 1.54) is 6.92 Å². The quantitative estimate of drug-likeness (QED) is 0.626. The molecule has 14 heavy (non-hydrogen) atoms. The second-order valence-electron chi connectivity index (χ2n) is 2.82. The molecule has 0 aromatic heterocycles. The van der Waals surface area contributed by atoms with E-state index in [9.17, 15) is 9.59 Å². The van der Waals surface area contributed by atoms with Crippen molar-refractivity contribution in [3.05, 3.63) is 24.8 Å². The van der Waals surface area contributed by atoms with Crippen LogP contribution in [0.3, 0.4) is 0 Å². The van der Waals surface area contributed by atoms with Crippen molar-refractivity contribution >= 4 is 11.9 Å². The summed E-state index contributed by atoms with van der Waals surface area (Å²) in [5.74, 6) is -1.36. The second kappa shape index (κ2) is 6.88. The molecule has 0 aromatic carbocycles. The van der Waals surface area contributed by atoms with Gasteiger partial charge in [-0.1, -0.05) is 18.2 Å². The molecule has 0 saturated carbocycles. The Morgan fingerprint density at radius 1 is 1.50 bits per heavy atom. The van der Waals surface area contributed by atoms with Crippen LogP contribution in [0.4, 0.5) is 0 Å². The molecule has 0 rings (SSSR count). The summed E-state index contributed by atoms with van der Waals surface area (Å²) in [4.78, 5) is 21.3. The van der Waals surface area contributed by atoms with Crippen molar-refractivity contribution in [2.24, 2.45) is 0 Å². The van der Waals surface area contributed by atoms with E-state index in [-0.39, 0.29) is 5.91 Å². The number of rotatable bonds is 6. The van der Waals surface area contributed by atoms with Crippen LogP contribution in [0.15, 0.2) is 24.8 Å². The number of allylic oxidation sites excluding steroid dienone is 2. The van der Waals surface area contributed by atoms with Gasteiger partial charge in [-0.25, -0.2) is 4.79 Å². The van der Waals surface area contributed by atoms with Crippen LogP contribution in [-0.2, 0) is 9.59 Å². The zero-order chi connectivity index (χ0) is 11.0. The van der Waals surface area contributed by atoms with E-state index in [4.69, 9.17) is 5.11 Å². The highest BCUT2D eigenvalue weighted by Gasteiger charge is 2.15. The SMILES string of the molecule is C=CC/C=C/C[C@H](NC(C)=O)C(=O)O. The lowest BCUT2D eigenvalue weighted by atomic mass is 10.2. The van der Waals surface area contributed by atoms with Crippen molar-refractivity contribution in [2.75, 3.05) is 0 Å². The first kappa shape index (κ1) is 12.4. The Morgan fingerprint density at radius 2 is 2.14 bits per heavy atom. The highest BCUT2D eigenvalue weighted by molar-refractivity contribution is 5.82. The molecule has 0 fully saturated rings. The van der Waals surface area contributed by atoms with Crippen LogP contribution in [0, 0.1) is 0 Å². The molecule has 2 N–H and O–H groups in total. The third-order valence-electron chi connectivity index (χ3n) is 1.52. The average Bonchev–Trinajstić information content (AvgIpc) is 2.09. The maximum absolute atomic E-state index is 10.6. The zero-order valence-corrected chi connectivity index (χ0v) is 8.19. The third-order valence-corrected chi connectivity index (χ3v) is 1.52. The van der Waals surface area contributed by atoms with E-state index >= 15 is 0 Å². The highest BCUT2D eigenvalue weighted by Crippen LogP contribution is 1.96. The minimum absolute atomic E-state index is 0.294. The first-order valence-corrected chi connectivity index (χ1v) is 4.33. The number of amides is 1. The largest absolute Gasteiger partial charge is 0.480 e. The molecular formula is C10H15NO3. The van der Waals surface area contributed by atoms with Crippen molar-refractivity contribution in [1.29, 1.82) is 0 Å². The number of aliphatic carboxylic acids is 1. The zero-order valence-electron chi connectivity index (χ0n) is 8.19. The molecule has 78 valence electrons. The summed E-state index contributed by atoms with van der Waals surface area (Å²) < 4.78 is 0. The molecular weight excluding hydrogens is 182 g/mol. The van der Waals surface area contributed by atoms with Crippen molar-refractivity contribution in [3.63, 3.8) is 0 Å². The molecule has 0 aliphatic rings. The number of carbonyl (C=O) groups is 2. The summed E-state index contributed by atoms with van der Waals surface area (Å²) in [5, 5.41) is 11.1. The Hall–Kier alpha value is -1.58. The predicted octanol–water partition coefficient (Wildman–Crippen LogP) is 1.10. The van der Waals surface area contributed by atoms with Gasteiger partial charge < -0.3 is 10.4 Å². The summed E-state index contributed by atoms with van der Waals surface area (Å²) in [6.45, 7) is 4.82. The lowest BCUT2D eigenvalue weighted by molar-refractivity contribution is -0.141. The van der Waals surface area contributed by atoms with Gasteiger partial charge in [0.15, 0.2) is 0 Å². The molecule has 0 radical (unpaired) electrons. The maximum atomic E-state index is 10.6. The topological polar surface area (TPSA) is 66.4 Å². The van der Waals surface area contributed by atoms with Crippen LogP contribution >= 0.6 is 0 Å². The number of hydrogen-bond acceptors (Lipinski definition) is 2. The van der Waals surface area contributed by atoms with Crippen molar-refractivity contribution in [1.82, 2.24) is 5.32 Å². The fraction of sp³-hybridized carbons (Fsp3) is 0.400. The Kier molecular flexibility index (Phi) is 6.11. The molecule has 0 unspecified atom stereocenters. The standard InChI is InChI=1S/C10H15NO3/c1-3-4-5-6-7-9(10(13)14)11-8(2)12/h3,5-6,9H,1,4,7H2,2H3,(H,11,12)(H,13,14)/b6-5+/t9-/m0/s1. The molecule has 1 atom stereocenters. The molecule has 1 amide bonds. The third kappa shape index (κ3) is 5.99. The molecule has 4 heteroatoms. The monoisotopic (exact) mass is 197 g/mol. The first-order chi connectivity index (χ1) is 6.57. The van der Waals surface area contributed by atoms with Gasteiger partial charge in [-0.2, -0.15) is 0 Å². The van der Waals surface area contributed by atoms with E-state index in [0.717, 1.165) is 0 Å². The number of carboxylic acids is 1. The van der Waals surface area contributed by atoms with Gasteiger partial charge in [0, 0.05) is 6.92 Å². The molecule has 0 heterocycles. The maximum Gasteiger partial charge on any atom is 0.326 e. The number of nitrogens with one attached hydrogen (secondary N) is 1. The van der Waals surface area contributed by atoms with Gasteiger partial charge in [-0.15, -0.1) is 6.58 Å². The van der Waals surface area contributed by atoms with Crippen LogP contribution in [-0.4, -0.2) is 23.0 Å². The number of carboxylic acid groups (broad SMARTS) is 1. The Balaban J connectivity index is 4.03. The first-order valence-electron chi connectivity index (χ1n) is 4.33. The molecule has 0 aromatic rings. The van der Waals surface area contributed by atoms with Gasteiger partial charge in [0.2, 0.25) is 5.91 Å². The Labute approximate surface area is 83.3 Å². The number of carbonyl (C=O) groups excluding carboxylic acids is 1. The molecule has 0 spiro atoms. The van der Waals surface area contributed by atoms with E-state index < -0.39 is 12.0 Å². The Morgan fingerprint density at radius 3 is 2.57 bits per heavy atom. The van der Waals surface area contributed by atoms with Gasteiger partial charge in [-0.05, 0) is 12.8 Å². The van der Waals surface area contributed by atoms with Crippen LogP contribution in [0.5, 0.6) is 0 Å². The van der Waals surface area contributed by atoms with E-state index in [2.05, 4.69) is 11.9 Å². The molecule has 4 nitrogen and oxygen atoms in total. The van der Waals surface area contributed by atoms with Crippen LogP contribution in [0.25, 0.3) is 0 Å². The molecule has 0 aliphatic carbocycles. The smallest absolute Gasteiger partial charge is 0.326 e. The van der Waals surface area contributed by atoms with Crippen molar-refractivity contribution < 1.29 is 14.7 Å². The average molecular weight is 197 g/mol. The summed E-state index contributed by atoms with van der Waals surface area (Å²) in [6, 6.07) is -0.839. The van der Waals surface area contributed by atoms with Gasteiger partial charge in [0.1, 0.15) is 6.04 Å². The predicted molar refractivity (Wildman–Crippen MR) is 53.8 cm³/mol. The fourth-order valence-electron chi connectivity index (χ4n) is 0.892. The van der Waals surface area contributed by atoms with Gasteiger partial charge >= 0.3 is 5.97 Å². The second-order valence-corrected chi connectivity index (χ2v) is 2.82. The fourth-order valence-corrected chi connectivity index (χ4v) is 0.892. The van der Waals surface area contributed by atoms with Gasteiger partial charge in [0.25, 0.3) is 0 Å². The Bertz CT molecular complexity index is 246. The van der Waals surface area contributed by atoms with E-state index in [1.54, 1.807) is 12.2 Å². The normalized spacial score (nSPS) is 12.4. The van der Waals surface area contributed by atoms with Crippen LogP contribution < -0.4 is 5.32 Å². The lowest BCUT2D eigenvalue weighted by Gasteiger charge is -2.09.